The average Bonchev–Trinajstić information content (AvgIpc) is 3.18. The molecule has 0 atom stereocenters. The molecule has 1 aliphatic rings. The van der Waals surface area contributed by atoms with Gasteiger partial charge in [0.05, 0.1) is 0 Å². The fraction of sp³-hybridized carbons (Fsp3) is 0.429. The van der Waals surface area contributed by atoms with Crippen LogP contribution in [0, 0.1) is 5.92 Å². The number of amides is 2. The minimum atomic E-state index is -1.21. The van der Waals surface area contributed by atoms with Crippen molar-refractivity contribution < 1.29 is 19.8 Å². The van der Waals surface area contributed by atoms with Crippen LogP contribution in [0.4, 0.5) is 10.5 Å². The van der Waals surface area contributed by atoms with E-state index in [1.807, 2.05) is 0 Å². The number of phenols is 1. The van der Waals surface area contributed by atoms with E-state index in [4.69, 9.17) is 5.11 Å². The molecule has 1 fully saturated rings. The summed E-state index contributed by atoms with van der Waals surface area (Å²) in [6.07, 6.45) is 4.72. The first-order valence-electron chi connectivity index (χ1n) is 6.67. The van der Waals surface area contributed by atoms with Crippen LogP contribution in [0.15, 0.2) is 18.2 Å². The highest BCUT2D eigenvalue weighted by molar-refractivity contribution is 5.93. The maximum absolute atomic E-state index is 11.6. The largest absolute Gasteiger partial charge is 0.507 e. The summed E-state index contributed by atoms with van der Waals surface area (Å²) >= 11 is 0. The number of carbonyl (C=O) groups excluding carboxylic acids is 1. The number of aromatic carboxylic acids is 1. The zero-order valence-corrected chi connectivity index (χ0v) is 11.1. The molecule has 20 heavy (non-hydrogen) atoms. The lowest BCUT2D eigenvalue weighted by Crippen LogP contribution is -2.29. The van der Waals surface area contributed by atoms with Gasteiger partial charge in [0.25, 0.3) is 0 Å². The van der Waals surface area contributed by atoms with Crippen LogP contribution in [0.5, 0.6) is 5.75 Å². The summed E-state index contributed by atoms with van der Waals surface area (Å²) in [6.45, 7) is 0.613. The molecule has 108 valence electrons. The van der Waals surface area contributed by atoms with Crippen LogP contribution in [0.2, 0.25) is 0 Å². The van der Waals surface area contributed by atoms with Crippen LogP contribution in [0.1, 0.15) is 36.0 Å². The molecule has 0 unspecified atom stereocenters. The first-order valence-corrected chi connectivity index (χ1v) is 6.67. The number of carboxylic acids is 1. The monoisotopic (exact) mass is 278 g/mol. The third kappa shape index (κ3) is 4.15. The van der Waals surface area contributed by atoms with Crippen molar-refractivity contribution in [2.45, 2.75) is 25.7 Å². The van der Waals surface area contributed by atoms with Crippen molar-refractivity contribution in [3.05, 3.63) is 23.8 Å². The molecule has 1 aromatic carbocycles. The number of hydrogen-bond acceptors (Lipinski definition) is 3. The Kier molecular flexibility index (Phi) is 4.45. The molecule has 0 aromatic heterocycles. The fourth-order valence-electron chi connectivity index (χ4n) is 1.96. The molecule has 0 heterocycles. The van der Waals surface area contributed by atoms with E-state index in [1.54, 1.807) is 0 Å². The van der Waals surface area contributed by atoms with Crippen LogP contribution >= 0.6 is 0 Å². The Morgan fingerprint density at radius 2 is 2.05 bits per heavy atom. The van der Waals surface area contributed by atoms with E-state index in [9.17, 15) is 14.7 Å². The van der Waals surface area contributed by atoms with Crippen LogP contribution in [-0.2, 0) is 0 Å². The maximum atomic E-state index is 11.6. The lowest BCUT2D eigenvalue weighted by molar-refractivity contribution is 0.0694. The van der Waals surface area contributed by atoms with Crippen LogP contribution in [0.25, 0.3) is 0 Å². The molecule has 1 aromatic rings. The van der Waals surface area contributed by atoms with Crippen molar-refractivity contribution >= 4 is 17.7 Å². The van der Waals surface area contributed by atoms with Crippen molar-refractivity contribution in [2.24, 2.45) is 5.92 Å². The molecule has 0 aliphatic heterocycles. The molecule has 1 aliphatic carbocycles. The number of carbonyl (C=O) groups is 2. The fourth-order valence-corrected chi connectivity index (χ4v) is 1.96. The summed E-state index contributed by atoms with van der Waals surface area (Å²) < 4.78 is 0. The highest BCUT2D eigenvalue weighted by Gasteiger charge is 2.20. The standard InChI is InChI=1S/C14H18N2O4/c17-12-8-10(5-6-11(12)13(18)19)16-14(20)15-7-1-2-9-3-4-9/h5-6,8-9,17H,1-4,7H2,(H,18,19)(H2,15,16,20). The Labute approximate surface area is 116 Å². The number of urea groups is 1. The summed E-state index contributed by atoms with van der Waals surface area (Å²) in [7, 11) is 0. The number of carboxylic acid groups (broad SMARTS) is 1. The van der Waals surface area contributed by atoms with Crippen LogP contribution in [0.3, 0.4) is 0 Å². The topological polar surface area (TPSA) is 98.7 Å². The Hall–Kier alpha value is -2.24. The molecular formula is C14H18N2O4. The Balaban J connectivity index is 1.77. The zero-order valence-electron chi connectivity index (χ0n) is 11.1. The summed E-state index contributed by atoms with van der Waals surface area (Å²) in [5.41, 5.74) is 0.160. The molecule has 6 nitrogen and oxygen atoms in total. The Morgan fingerprint density at radius 1 is 1.30 bits per heavy atom. The van der Waals surface area contributed by atoms with Crippen molar-refractivity contribution in [1.82, 2.24) is 5.32 Å². The first kappa shape index (κ1) is 14.2. The molecule has 4 N–H and O–H groups in total. The van der Waals surface area contributed by atoms with Crippen molar-refractivity contribution in [2.75, 3.05) is 11.9 Å². The van der Waals surface area contributed by atoms with Gasteiger partial charge in [0.1, 0.15) is 11.3 Å². The average molecular weight is 278 g/mol. The predicted octanol–water partition coefficient (Wildman–Crippen LogP) is 2.40. The minimum absolute atomic E-state index is 0.194. The number of rotatable bonds is 6. The predicted molar refractivity (Wildman–Crippen MR) is 74.0 cm³/mol. The molecule has 1 saturated carbocycles. The van der Waals surface area contributed by atoms with Gasteiger partial charge in [-0.3, -0.25) is 0 Å². The van der Waals surface area contributed by atoms with E-state index in [0.717, 1.165) is 18.8 Å². The van der Waals surface area contributed by atoms with Crippen LogP contribution in [-0.4, -0.2) is 28.8 Å². The lowest BCUT2D eigenvalue weighted by Gasteiger charge is -2.08. The number of benzene rings is 1. The van der Waals surface area contributed by atoms with Gasteiger partial charge in [0, 0.05) is 18.3 Å². The molecule has 0 saturated heterocycles. The third-order valence-corrected chi connectivity index (χ3v) is 3.26. The van der Waals surface area contributed by atoms with E-state index < -0.39 is 5.97 Å². The summed E-state index contributed by atoms with van der Waals surface area (Å²) in [6, 6.07) is 3.55. The van der Waals surface area contributed by atoms with Gasteiger partial charge in [-0.25, -0.2) is 9.59 Å². The number of hydrogen-bond donors (Lipinski definition) is 4. The van der Waals surface area contributed by atoms with E-state index in [1.165, 1.54) is 31.0 Å². The van der Waals surface area contributed by atoms with Crippen molar-refractivity contribution in [3.8, 4) is 5.75 Å². The highest BCUT2D eigenvalue weighted by Crippen LogP contribution is 2.33. The normalized spacial score (nSPS) is 13.8. The summed E-state index contributed by atoms with van der Waals surface area (Å²) in [5, 5.41) is 23.5. The van der Waals surface area contributed by atoms with Gasteiger partial charge in [-0.15, -0.1) is 0 Å². The van der Waals surface area contributed by atoms with Gasteiger partial charge >= 0.3 is 12.0 Å². The number of nitrogens with one attached hydrogen (secondary N) is 2. The highest BCUT2D eigenvalue weighted by atomic mass is 16.4. The van der Waals surface area contributed by atoms with E-state index in [2.05, 4.69) is 10.6 Å². The number of aromatic hydroxyl groups is 1. The SMILES string of the molecule is O=C(NCCCC1CC1)Nc1ccc(C(=O)O)c(O)c1. The zero-order chi connectivity index (χ0) is 14.5. The number of anilines is 1. The van der Waals surface area contributed by atoms with Gasteiger partial charge in [0.2, 0.25) is 0 Å². The van der Waals surface area contributed by atoms with Gasteiger partial charge in [-0.2, -0.15) is 0 Å². The van der Waals surface area contributed by atoms with Gasteiger partial charge in [0.15, 0.2) is 0 Å². The summed E-state index contributed by atoms with van der Waals surface area (Å²) in [5.74, 6) is -0.733. The molecule has 2 rings (SSSR count). The Morgan fingerprint density at radius 3 is 2.65 bits per heavy atom. The molecular weight excluding hydrogens is 260 g/mol. The molecule has 0 radical (unpaired) electrons. The van der Waals surface area contributed by atoms with Crippen molar-refractivity contribution in [3.63, 3.8) is 0 Å². The van der Waals surface area contributed by atoms with E-state index >= 15 is 0 Å². The second-order valence-electron chi connectivity index (χ2n) is 5.00. The van der Waals surface area contributed by atoms with Gasteiger partial charge in [-0.1, -0.05) is 12.8 Å². The van der Waals surface area contributed by atoms with Crippen molar-refractivity contribution in [1.29, 1.82) is 0 Å². The van der Waals surface area contributed by atoms with Gasteiger partial charge in [-0.05, 0) is 30.9 Å². The van der Waals surface area contributed by atoms with Crippen LogP contribution < -0.4 is 10.6 Å². The molecule has 2 amide bonds. The lowest BCUT2D eigenvalue weighted by atomic mass is 10.2. The van der Waals surface area contributed by atoms with E-state index in [-0.39, 0.29) is 17.3 Å². The molecule has 6 heteroatoms. The third-order valence-electron chi connectivity index (χ3n) is 3.26. The quantitative estimate of drug-likeness (QED) is 0.600. The smallest absolute Gasteiger partial charge is 0.339 e. The minimum Gasteiger partial charge on any atom is -0.507 e. The second-order valence-corrected chi connectivity index (χ2v) is 5.00. The first-order chi connectivity index (χ1) is 9.56. The van der Waals surface area contributed by atoms with E-state index in [0.29, 0.717) is 12.2 Å². The second kappa shape index (κ2) is 6.27. The van der Waals surface area contributed by atoms with Gasteiger partial charge < -0.3 is 20.8 Å². The maximum Gasteiger partial charge on any atom is 0.339 e. The molecule has 0 bridgehead atoms. The molecule has 0 spiro atoms. The summed E-state index contributed by atoms with van der Waals surface area (Å²) in [4.78, 5) is 22.3. The Bertz CT molecular complexity index is 512.